The van der Waals surface area contributed by atoms with Crippen LogP contribution >= 0.6 is 11.3 Å². The van der Waals surface area contributed by atoms with Crippen LogP contribution in [0.3, 0.4) is 0 Å². The van der Waals surface area contributed by atoms with E-state index in [0.29, 0.717) is 12.2 Å². The molecule has 2 aromatic heterocycles. The number of amides is 1. The van der Waals surface area contributed by atoms with E-state index in [-0.39, 0.29) is 12.5 Å². The van der Waals surface area contributed by atoms with Crippen LogP contribution < -0.4 is 5.73 Å². The topological polar surface area (TPSA) is 77.0 Å². The van der Waals surface area contributed by atoms with Gasteiger partial charge in [0.1, 0.15) is 6.54 Å². The summed E-state index contributed by atoms with van der Waals surface area (Å²) in [5.41, 5.74) is 8.72. The maximum atomic E-state index is 11.8. The Bertz CT molecular complexity index is 493. The first-order valence-corrected chi connectivity index (χ1v) is 5.98. The van der Waals surface area contributed by atoms with Gasteiger partial charge in [-0.1, -0.05) is 0 Å². The van der Waals surface area contributed by atoms with Crippen LogP contribution in [0.2, 0.25) is 0 Å². The number of carbonyl (C=O) groups is 1. The van der Waals surface area contributed by atoms with Crippen molar-refractivity contribution in [2.75, 3.05) is 12.8 Å². The number of nitrogen functional groups attached to an aromatic ring is 1. The van der Waals surface area contributed by atoms with E-state index in [9.17, 15) is 4.79 Å². The predicted molar refractivity (Wildman–Crippen MR) is 65.2 cm³/mol. The maximum absolute atomic E-state index is 11.8. The van der Waals surface area contributed by atoms with Crippen LogP contribution in [0.15, 0.2) is 23.3 Å². The highest BCUT2D eigenvalue weighted by atomic mass is 32.1. The van der Waals surface area contributed by atoms with Crippen molar-refractivity contribution in [3.63, 3.8) is 0 Å². The molecular formula is C10H13N5OS. The minimum Gasteiger partial charge on any atom is -0.396 e. The first-order chi connectivity index (χ1) is 8.15. The molecule has 0 atom stereocenters. The summed E-state index contributed by atoms with van der Waals surface area (Å²) in [5.74, 6) is -0.0268. The van der Waals surface area contributed by atoms with Crippen molar-refractivity contribution < 1.29 is 4.79 Å². The minimum absolute atomic E-state index is 0.0268. The molecule has 2 rings (SSSR count). The van der Waals surface area contributed by atoms with Crippen molar-refractivity contribution in [1.29, 1.82) is 0 Å². The summed E-state index contributed by atoms with van der Waals surface area (Å²) < 4.78 is 1.52. The van der Waals surface area contributed by atoms with Crippen LogP contribution in [0.4, 0.5) is 5.69 Å². The van der Waals surface area contributed by atoms with E-state index in [1.807, 2.05) is 5.38 Å². The molecule has 0 bridgehead atoms. The molecule has 2 heterocycles. The smallest absolute Gasteiger partial charge is 0.244 e. The van der Waals surface area contributed by atoms with E-state index >= 15 is 0 Å². The van der Waals surface area contributed by atoms with Crippen LogP contribution in [0, 0.1) is 0 Å². The SMILES string of the molecule is CN(Cc1cscn1)C(=O)Cn1cc(N)cn1. The fourth-order valence-corrected chi connectivity index (χ4v) is 1.92. The van der Waals surface area contributed by atoms with Crippen LogP contribution in [-0.2, 0) is 17.9 Å². The van der Waals surface area contributed by atoms with Crippen molar-refractivity contribution in [2.45, 2.75) is 13.1 Å². The van der Waals surface area contributed by atoms with Crippen LogP contribution in [0.25, 0.3) is 0 Å². The van der Waals surface area contributed by atoms with Gasteiger partial charge in [-0.15, -0.1) is 11.3 Å². The summed E-state index contributed by atoms with van der Waals surface area (Å²) >= 11 is 1.52. The van der Waals surface area contributed by atoms with Crippen molar-refractivity contribution in [3.05, 3.63) is 29.0 Å². The van der Waals surface area contributed by atoms with E-state index in [4.69, 9.17) is 5.73 Å². The number of thiazole rings is 1. The largest absolute Gasteiger partial charge is 0.396 e. The lowest BCUT2D eigenvalue weighted by molar-refractivity contribution is -0.131. The van der Waals surface area contributed by atoms with Gasteiger partial charge in [-0.3, -0.25) is 9.48 Å². The summed E-state index contributed by atoms with van der Waals surface area (Å²) in [7, 11) is 1.74. The van der Waals surface area contributed by atoms with Crippen LogP contribution in [0.5, 0.6) is 0 Å². The van der Waals surface area contributed by atoms with Crippen LogP contribution in [-0.4, -0.2) is 32.6 Å². The number of likely N-dealkylation sites (N-methyl/N-ethyl adjacent to an activating group) is 1. The highest BCUT2D eigenvalue weighted by Crippen LogP contribution is 2.05. The molecule has 0 aliphatic heterocycles. The Hall–Kier alpha value is -1.89. The number of carbonyl (C=O) groups excluding carboxylic acids is 1. The van der Waals surface area contributed by atoms with Crippen molar-refractivity contribution in [1.82, 2.24) is 19.7 Å². The molecule has 0 fully saturated rings. The Morgan fingerprint density at radius 2 is 2.47 bits per heavy atom. The second kappa shape index (κ2) is 4.96. The fourth-order valence-electron chi connectivity index (χ4n) is 1.37. The van der Waals surface area contributed by atoms with E-state index < -0.39 is 0 Å². The molecule has 0 spiro atoms. The standard InChI is InChI=1S/C10H13N5OS/c1-14(4-9-6-17-7-12-9)10(16)5-15-3-8(11)2-13-15/h2-3,6-7H,4-5,11H2,1H3. The fraction of sp³-hybridized carbons (Fsp3) is 0.300. The van der Waals surface area contributed by atoms with Gasteiger partial charge in [-0.05, 0) is 0 Å². The molecule has 0 aliphatic rings. The zero-order valence-corrected chi connectivity index (χ0v) is 10.2. The van der Waals surface area contributed by atoms with E-state index in [1.54, 1.807) is 23.7 Å². The first kappa shape index (κ1) is 11.6. The molecule has 0 saturated heterocycles. The third-order valence-electron chi connectivity index (χ3n) is 2.26. The molecule has 0 aliphatic carbocycles. The third kappa shape index (κ3) is 3.04. The van der Waals surface area contributed by atoms with Crippen molar-refractivity contribution in [2.24, 2.45) is 0 Å². The molecule has 2 N–H and O–H groups in total. The molecule has 6 nitrogen and oxygen atoms in total. The van der Waals surface area contributed by atoms with Crippen molar-refractivity contribution in [3.8, 4) is 0 Å². The normalized spacial score (nSPS) is 10.4. The number of rotatable bonds is 4. The monoisotopic (exact) mass is 251 g/mol. The number of anilines is 1. The lowest BCUT2D eigenvalue weighted by Crippen LogP contribution is -2.30. The predicted octanol–water partition coefficient (Wildman–Crippen LogP) is 0.580. The van der Waals surface area contributed by atoms with Crippen molar-refractivity contribution >= 4 is 22.9 Å². The molecule has 0 aromatic carbocycles. The van der Waals surface area contributed by atoms with Gasteiger partial charge < -0.3 is 10.6 Å². The second-order valence-corrected chi connectivity index (χ2v) is 4.42. The van der Waals surface area contributed by atoms with E-state index in [0.717, 1.165) is 5.69 Å². The number of nitrogens with two attached hydrogens (primary N) is 1. The summed E-state index contributed by atoms with van der Waals surface area (Å²) in [6, 6.07) is 0. The average Bonchev–Trinajstić information content (AvgIpc) is 2.90. The zero-order valence-electron chi connectivity index (χ0n) is 9.41. The Balaban J connectivity index is 1.91. The molecule has 0 radical (unpaired) electrons. The highest BCUT2D eigenvalue weighted by molar-refractivity contribution is 7.07. The summed E-state index contributed by atoms with van der Waals surface area (Å²) in [6.45, 7) is 0.705. The lowest BCUT2D eigenvalue weighted by atomic mass is 10.4. The highest BCUT2D eigenvalue weighted by Gasteiger charge is 2.11. The third-order valence-corrected chi connectivity index (χ3v) is 2.89. The van der Waals surface area contributed by atoms with E-state index in [1.165, 1.54) is 22.2 Å². The van der Waals surface area contributed by atoms with Gasteiger partial charge >= 0.3 is 0 Å². The molecule has 17 heavy (non-hydrogen) atoms. The van der Waals surface area contributed by atoms with Gasteiger partial charge in [0.15, 0.2) is 0 Å². The summed E-state index contributed by atoms with van der Waals surface area (Å²) in [6.07, 6.45) is 3.16. The second-order valence-electron chi connectivity index (χ2n) is 3.70. The Kier molecular flexibility index (Phi) is 3.38. The van der Waals surface area contributed by atoms with Gasteiger partial charge in [-0.2, -0.15) is 5.10 Å². The molecule has 2 aromatic rings. The number of hydrogen-bond donors (Lipinski definition) is 1. The first-order valence-electron chi connectivity index (χ1n) is 5.04. The molecule has 7 heteroatoms. The molecular weight excluding hydrogens is 238 g/mol. The van der Waals surface area contributed by atoms with Gasteiger partial charge in [0, 0.05) is 18.6 Å². The number of nitrogens with zero attached hydrogens (tertiary/aromatic N) is 4. The average molecular weight is 251 g/mol. The molecule has 90 valence electrons. The van der Waals surface area contributed by atoms with Gasteiger partial charge in [0.2, 0.25) is 5.91 Å². The van der Waals surface area contributed by atoms with Gasteiger partial charge in [0.25, 0.3) is 0 Å². The maximum Gasteiger partial charge on any atom is 0.244 e. The zero-order chi connectivity index (χ0) is 12.3. The summed E-state index contributed by atoms with van der Waals surface area (Å²) in [5, 5.41) is 5.89. The minimum atomic E-state index is -0.0268. The lowest BCUT2D eigenvalue weighted by Gasteiger charge is -2.15. The molecule has 0 unspecified atom stereocenters. The van der Waals surface area contributed by atoms with Gasteiger partial charge in [0.05, 0.1) is 29.6 Å². The number of hydrogen-bond acceptors (Lipinski definition) is 5. The molecule has 1 amide bonds. The Morgan fingerprint density at radius 3 is 3.06 bits per heavy atom. The van der Waals surface area contributed by atoms with E-state index in [2.05, 4.69) is 10.1 Å². The van der Waals surface area contributed by atoms with Gasteiger partial charge in [-0.25, -0.2) is 4.98 Å². The molecule has 0 saturated carbocycles. The number of aromatic nitrogens is 3. The summed E-state index contributed by atoms with van der Waals surface area (Å²) in [4.78, 5) is 17.6. The Morgan fingerprint density at radius 1 is 1.65 bits per heavy atom. The Labute approximate surface area is 103 Å². The van der Waals surface area contributed by atoms with Crippen LogP contribution in [0.1, 0.15) is 5.69 Å². The quantitative estimate of drug-likeness (QED) is 0.862.